The van der Waals surface area contributed by atoms with Crippen LogP contribution in [0.25, 0.3) is 0 Å². The number of rotatable bonds is 6. The fourth-order valence-corrected chi connectivity index (χ4v) is 4.52. The van der Waals surface area contributed by atoms with Gasteiger partial charge in [-0.05, 0) is 38.0 Å². The molecule has 1 saturated heterocycles. The van der Waals surface area contributed by atoms with Gasteiger partial charge >= 0.3 is 0 Å². The largest absolute Gasteiger partial charge is 0.336 e. The van der Waals surface area contributed by atoms with Crippen LogP contribution in [0.4, 0.5) is 4.39 Å². The molecule has 1 fully saturated rings. The third-order valence-corrected chi connectivity index (χ3v) is 6.28. The van der Waals surface area contributed by atoms with Crippen LogP contribution in [0, 0.1) is 23.1 Å². The van der Waals surface area contributed by atoms with E-state index in [4.69, 9.17) is 0 Å². The molecule has 0 aromatic heterocycles. The van der Waals surface area contributed by atoms with Crippen molar-refractivity contribution < 1.29 is 17.6 Å². The van der Waals surface area contributed by atoms with Crippen molar-refractivity contribution in [2.24, 2.45) is 5.92 Å². The van der Waals surface area contributed by atoms with Crippen LogP contribution in [-0.2, 0) is 10.0 Å². The number of nitrogens with zero attached hydrogens (tertiary/aromatic N) is 3. The Kier molecular flexibility index (Phi) is 7.15. The molecule has 1 amide bonds. The molecule has 1 N–H and O–H groups in total. The Labute approximate surface area is 166 Å². The molecule has 28 heavy (non-hydrogen) atoms. The summed E-state index contributed by atoms with van der Waals surface area (Å²) in [7, 11) is -3.83. The van der Waals surface area contributed by atoms with Crippen LogP contribution >= 0.6 is 0 Å². The molecule has 0 bridgehead atoms. The minimum Gasteiger partial charge on any atom is -0.336 e. The van der Waals surface area contributed by atoms with Gasteiger partial charge in [-0.1, -0.05) is 13.8 Å². The normalized spacial score (nSPS) is 17.0. The lowest BCUT2D eigenvalue weighted by molar-refractivity contribution is 0.0572. The second kappa shape index (κ2) is 8.99. The van der Waals surface area contributed by atoms with Crippen LogP contribution in [0.15, 0.2) is 23.1 Å². The number of piperazine rings is 1. The number of nitriles is 1. The van der Waals surface area contributed by atoms with Crippen molar-refractivity contribution in [3.63, 3.8) is 0 Å². The zero-order chi connectivity index (χ0) is 21.1. The molecular formula is C19H27FN4O3S. The van der Waals surface area contributed by atoms with Crippen molar-refractivity contribution >= 4 is 15.9 Å². The lowest BCUT2D eigenvalue weighted by atomic mass is 10.0. The molecule has 1 unspecified atom stereocenters. The third-order valence-electron chi connectivity index (χ3n) is 4.63. The first-order valence-electron chi connectivity index (χ1n) is 9.31. The fourth-order valence-electron chi connectivity index (χ4n) is 3.24. The lowest BCUT2D eigenvalue weighted by Crippen LogP contribution is -2.53. The number of carbonyl (C=O) groups is 1. The van der Waals surface area contributed by atoms with Gasteiger partial charge in [0.1, 0.15) is 11.9 Å². The highest BCUT2D eigenvalue weighted by atomic mass is 32.2. The summed E-state index contributed by atoms with van der Waals surface area (Å²) in [6.07, 6.45) is 0. The highest BCUT2D eigenvalue weighted by Crippen LogP contribution is 2.19. The molecular weight excluding hydrogens is 383 g/mol. The van der Waals surface area contributed by atoms with E-state index in [1.807, 2.05) is 18.7 Å². The summed E-state index contributed by atoms with van der Waals surface area (Å²) in [5.74, 6) is -1.13. The molecule has 1 aromatic carbocycles. The summed E-state index contributed by atoms with van der Waals surface area (Å²) in [6.45, 7) is 9.02. The molecule has 1 aliphatic heterocycles. The van der Waals surface area contributed by atoms with Gasteiger partial charge in [-0.25, -0.2) is 17.5 Å². The number of hydrogen-bond donors (Lipinski definition) is 1. The second-order valence-electron chi connectivity index (χ2n) is 7.56. The molecule has 9 heteroatoms. The zero-order valence-corrected chi connectivity index (χ0v) is 17.5. The summed E-state index contributed by atoms with van der Waals surface area (Å²) in [6, 6.07) is 4.96. The van der Waals surface area contributed by atoms with Gasteiger partial charge in [0.25, 0.3) is 5.91 Å². The van der Waals surface area contributed by atoms with E-state index >= 15 is 0 Å². The van der Waals surface area contributed by atoms with Crippen molar-refractivity contribution in [2.45, 2.75) is 44.7 Å². The zero-order valence-electron chi connectivity index (χ0n) is 16.6. The standard InChI is InChI=1S/C19H27FN4O3S/c1-13(2)18(12-21)23-7-9-24(10-8-23)19(25)16-11-15(5-6-17(16)20)28(26,27)22-14(3)4/h5-6,11,13-14,18,22H,7-10H2,1-4H3. The van der Waals surface area contributed by atoms with Gasteiger partial charge in [0, 0.05) is 32.2 Å². The minimum absolute atomic E-state index is 0.145. The van der Waals surface area contributed by atoms with Gasteiger partial charge in [0.2, 0.25) is 10.0 Å². The summed E-state index contributed by atoms with van der Waals surface area (Å²) < 4.78 is 41.3. The molecule has 7 nitrogen and oxygen atoms in total. The predicted octanol–water partition coefficient (Wildman–Crippen LogP) is 1.82. The number of sulfonamides is 1. The van der Waals surface area contributed by atoms with Crippen molar-refractivity contribution in [2.75, 3.05) is 26.2 Å². The highest BCUT2D eigenvalue weighted by molar-refractivity contribution is 7.89. The van der Waals surface area contributed by atoms with E-state index in [2.05, 4.69) is 10.8 Å². The van der Waals surface area contributed by atoms with Crippen molar-refractivity contribution in [3.05, 3.63) is 29.6 Å². The first kappa shape index (κ1) is 22.3. The first-order chi connectivity index (χ1) is 13.1. The highest BCUT2D eigenvalue weighted by Gasteiger charge is 2.29. The van der Waals surface area contributed by atoms with E-state index in [1.54, 1.807) is 13.8 Å². The summed E-state index contributed by atoms with van der Waals surface area (Å²) in [5, 5.41) is 9.32. The van der Waals surface area contributed by atoms with E-state index in [-0.39, 0.29) is 28.5 Å². The molecule has 2 rings (SSSR count). The van der Waals surface area contributed by atoms with Crippen molar-refractivity contribution in [1.82, 2.24) is 14.5 Å². The van der Waals surface area contributed by atoms with Gasteiger partial charge in [0.05, 0.1) is 16.5 Å². The summed E-state index contributed by atoms with van der Waals surface area (Å²) in [5.41, 5.74) is -0.263. The van der Waals surface area contributed by atoms with Crippen LogP contribution in [0.3, 0.4) is 0 Å². The maximum Gasteiger partial charge on any atom is 0.256 e. The Morgan fingerprint density at radius 1 is 1.18 bits per heavy atom. The maximum atomic E-state index is 14.3. The molecule has 1 aromatic rings. The van der Waals surface area contributed by atoms with Gasteiger partial charge < -0.3 is 4.90 Å². The third kappa shape index (κ3) is 5.07. The van der Waals surface area contributed by atoms with Gasteiger partial charge in [0.15, 0.2) is 0 Å². The molecule has 154 valence electrons. The molecule has 1 atom stereocenters. The second-order valence-corrected chi connectivity index (χ2v) is 9.28. The Morgan fingerprint density at radius 3 is 2.29 bits per heavy atom. The first-order valence-corrected chi connectivity index (χ1v) is 10.8. The minimum atomic E-state index is -3.83. The van der Waals surface area contributed by atoms with Gasteiger partial charge in [-0.2, -0.15) is 5.26 Å². The Morgan fingerprint density at radius 2 is 1.79 bits per heavy atom. The monoisotopic (exact) mass is 410 g/mol. The van der Waals surface area contributed by atoms with Crippen LogP contribution < -0.4 is 4.72 Å². The van der Waals surface area contributed by atoms with E-state index in [9.17, 15) is 22.9 Å². The molecule has 1 aliphatic rings. The molecule has 0 saturated carbocycles. The number of carbonyl (C=O) groups excluding carboxylic acids is 1. The molecule has 0 aliphatic carbocycles. The predicted molar refractivity (Wildman–Crippen MR) is 104 cm³/mol. The summed E-state index contributed by atoms with van der Waals surface area (Å²) in [4.78, 5) is 16.2. The van der Waals surface area contributed by atoms with Gasteiger partial charge in [-0.3, -0.25) is 9.69 Å². The van der Waals surface area contributed by atoms with Crippen LogP contribution in [0.2, 0.25) is 0 Å². The van der Waals surface area contributed by atoms with E-state index in [0.717, 1.165) is 18.2 Å². The van der Waals surface area contributed by atoms with Crippen molar-refractivity contribution in [3.8, 4) is 6.07 Å². The van der Waals surface area contributed by atoms with Gasteiger partial charge in [-0.15, -0.1) is 0 Å². The quantitative estimate of drug-likeness (QED) is 0.772. The average Bonchev–Trinajstić information content (AvgIpc) is 2.61. The average molecular weight is 411 g/mol. The smallest absolute Gasteiger partial charge is 0.256 e. The number of hydrogen-bond acceptors (Lipinski definition) is 5. The van der Waals surface area contributed by atoms with Crippen LogP contribution in [-0.4, -0.2) is 62.4 Å². The van der Waals surface area contributed by atoms with E-state index in [1.165, 1.54) is 4.90 Å². The fraction of sp³-hybridized carbons (Fsp3) is 0.579. The Bertz CT molecular complexity index is 856. The van der Waals surface area contributed by atoms with E-state index in [0.29, 0.717) is 26.2 Å². The number of amides is 1. The maximum absolute atomic E-state index is 14.3. The topological polar surface area (TPSA) is 93.5 Å². The molecule has 0 radical (unpaired) electrons. The lowest BCUT2D eigenvalue weighted by Gasteiger charge is -2.38. The molecule has 0 spiro atoms. The Hall–Kier alpha value is -2.02. The molecule has 1 heterocycles. The van der Waals surface area contributed by atoms with Crippen LogP contribution in [0.1, 0.15) is 38.1 Å². The Balaban J connectivity index is 2.17. The number of nitrogens with one attached hydrogen (secondary N) is 1. The van der Waals surface area contributed by atoms with Crippen LogP contribution in [0.5, 0.6) is 0 Å². The number of halogens is 1. The summed E-state index contributed by atoms with van der Waals surface area (Å²) >= 11 is 0. The van der Waals surface area contributed by atoms with Crippen molar-refractivity contribution in [1.29, 1.82) is 5.26 Å². The number of benzene rings is 1. The SMILES string of the molecule is CC(C)NS(=O)(=O)c1ccc(F)c(C(=O)N2CCN(C(C#N)C(C)C)CC2)c1. The van der Waals surface area contributed by atoms with E-state index < -0.39 is 21.7 Å².